The number of rotatable bonds is 2. The monoisotopic (exact) mass is 127 g/mol. The van der Waals surface area contributed by atoms with Crippen molar-refractivity contribution in [3.05, 3.63) is 12.4 Å². The molecule has 50 valence electrons. The minimum Gasteiger partial charge on any atom is -0.310 e. The van der Waals surface area contributed by atoms with Crippen molar-refractivity contribution >= 4 is 5.78 Å². The van der Waals surface area contributed by atoms with E-state index in [2.05, 4.69) is 11.0 Å². The van der Waals surface area contributed by atoms with E-state index in [1.165, 1.54) is 0 Å². The van der Waals surface area contributed by atoms with Crippen molar-refractivity contribution in [3.8, 4) is 0 Å². The van der Waals surface area contributed by atoms with Gasteiger partial charge in [-0.1, -0.05) is 0 Å². The van der Waals surface area contributed by atoms with Gasteiger partial charge in [0.15, 0.2) is 5.78 Å². The summed E-state index contributed by atoms with van der Waals surface area (Å²) in [5, 5.41) is 1.67. The van der Waals surface area contributed by atoms with Crippen molar-refractivity contribution in [2.45, 2.75) is 6.92 Å². The zero-order valence-electron chi connectivity index (χ0n) is 5.22. The Morgan fingerprint density at radius 3 is 3.00 bits per heavy atom. The van der Waals surface area contributed by atoms with Crippen molar-refractivity contribution in [1.82, 2.24) is 16.0 Å². The summed E-state index contributed by atoms with van der Waals surface area (Å²) >= 11 is 0. The maximum Gasteiger partial charge on any atom is 0.150 e. The predicted octanol–water partition coefficient (Wildman–Crippen LogP) is -0.629. The third-order valence-corrected chi connectivity index (χ3v) is 0.939. The number of hydrogen-bond acceptors (Lipinski definition) is 4. The molecule has 1 aliphatic heterocycles. The first-order valence-corrected chi connectivity index (χ1v) is 2.73. The molecule has 1 aliphatic rings. The van der Waals surface area contributed by atoms with Gasteiger partial charge in [0.05, 0.1) is 6.54 Å². The summed E-state index contributed by atoms with van der Waals surface area (Å²) in [6.07, 6.45) is 3.49. The zero-order valence-corrected chi connectivity index (χ0v) is 5.22. The molecular weight excluding hydrogens is 118 g/mol. The van der Waals surface area contributed by atoms with Crippen molar-refractivity contribution in [2.24, 2.45) is 0 Å². The Morgan fingerprint density at radius 1 is 1.78 bits per heavy atom. The lowest BCUT2D eigenvalue weighted by molar-refractivity contribution is -0.118. The highest BCUT2D eigenvalue weighted by Crippen LogP contribution is 1.87. The summed E-state index contributed by atoms with van der Waals surface area (Å²) in [5.41, 5.74) is 5.46. The largest absolute Gasteiger partial charge is 0.310 e. The maximum atomic E-state index is 10.5. The first-order valence-electron chi connectivity index (χ1n) is 2.73. The SMILES string of the molecule is CC(=O)CN1C=CNN1. The standard InChI is InChI=1S/C5H9N3O/c1-5(9)4-8-3-2-6-7-8/h2-3,6-7H,4H2,1H3. The lowest BCUT2D eigenvalue weighted by Crippen LogP contribution is -2.38. The molecule has 0 radical (unpaired) electrons. The Hall–Kier alpha value is -1.03. The number of carbonyl (C=O) groups excluding carboxylic acids is 1. The van der Waals surface area contributed by atoms with E-state index in [4.69, 9.17) is 0 Å². The average Bonchev–Trinajstić information content (AvgIpc) is 2.15. The maximum absolute atomic E-state index is 10.5. The van der Waals surface area contributed by atoms with Crippen LogP contribution >= 0.6 is 0 Å². The molecule has 2 N–H and O–H groups in total. The molecule has 4 nitrogen and oxygen atoms in total. The van der Waals surface area contributed by atoms with E-state index in [1.807, 2.05) is 0 Å². The number of nitrogens with zero attached hydrogens (tertiary/aromatic N) is 1. The first kappa shape index (κ1) is 6.10. The fourth-order valence-electron chi connectivity index (χ4n) is 0.617. The third kappa shape index (κ3) is 1.73. The van der Waals surface area contributed by atoms with E-state index in [9.17, 15) is 4.79 Å². The van der Waals surface area contributed by atoms with Gasteiger partial charge in [-0.15, -0.1) is 5.53 Å². The molecule has 0 unspecified atom stereocenters. The van der Waals surface area contributed by atoms with Gasteiger partial charge < -0.3 is 5.43 Å². The molecule has 0 saturated heterocycles. The molecule has 4 heteroatoms. The molecule has 1 rings (SSSR count). The minimum absolute atomic E-state index is 0.135. The van der Waals surface area contributed by atoms with Crippen LogP contribution in [0.5, 0.6) is 0 Å². The fraction of sp³-hybridized carbons (Fsp3) is 0.400. The van der Waals surface area contributed by atoms with Gasteiger partial charge >= 0.3 is 0 Å². The van der Waals surface area contributed by atoms with Gasteiger partial charge in [0, 0.05) is 12.4 Å². The second kappa shape index (κ2) is 2.50. The molecule has 0 aromatic heterocycles. The number of Topliss-reactive ketones (excluding diaryl/α,β-unsaturated/α-hetero) is 1. The van der Waals surface area contributed by atoms with Crippen LogP contribution in [0.1, 0.15) is 6.92 Å². The topological polar surface area (TPSA) is 44.4 Å². The van der Waals surface area contributed by atoms with Crippen LogP contribution < -0.4 is 11.0 Å². The van der Waals surface area contributed by atoms with E-state index in [1.54, 1.807) is 24.3 Å². The summed E-state index contributed by atoms with van der Waals surface area (Å²) in [4.78, 5) is 10.5. The molecule has 0 atom stereocenters. The van der Waals surface area contributed by atoms with Crippen molar-refractivity contribution in [3.63, 3.8) is 0 Å². The van der Waals surface area contributed by atoms with E-state index >= 15 is 0 Å². The van der Waals surface area contributed by atoms with Crippen molar-refractivity contribution in [2.75, 3.05) is 6.54 Å². The Bertz CT molecular complexity index is 143. The quantitative estimate of drug-likeness (QED) is 0.518. The Morgan fingerprint density at radius 2 is 2.56 bits per heavy atom. The van der Waals surface area contributed by atoms with E-state index in [0.717, 1.165) is 0 Å². The van der Waals surface area contributed by atoms with Crippen molar-refractivity contribution < 1.29 is 4.79 Å². The Balaban J connectivity index is 2.28. The number of hydrazine groups is 2. The van der Waals surface area contributed by atoms with Gasteiger partial charge in [0.2, 0.25) is 0 Å². The van der Waals surface area contributed by atoms with Crippen LogP contribution in [0.4, 0.5) is 0 Å². The Labute approximate surface area is 53.5 Å². The highest BCUT2D eigenvalue weighted by molar-refractivity contribution is 5.77. The molecule has 0 aromatic carbocycles. The van der Waals surface area contributed by atoms with Gasteiger partial charge in [-0.05, 0) is 6.92 Å². The minimum atomic E-state index is 0.135. The van der Waals surface area contributed by atoms with Gasteiger partial charge in [-0.3, -0.25) is 9.80 Å². The molecule has 0 aromatic rings. The molecule has 0 spiro atoms. The lowest BCUT2D eigenvalue weighted by Gasteiger charge is -2.11. The number of carbonyl (C=O) groups is 1. The highest BCUT2D eigenvalue weighted by atomic mass is 16.1. The molecular formula is C5H9N3O. The van der Waals surface area contributed by atoms with Crippen LogP contribution in [0.2, 0.25) is 0 Å². The zero-order chi connectivity index (χ0) is 6.69. The fourth-order valence-corrected chi connectivity index (χ4v) is 0.617. The summed E-state index contributed by atoms with van der Waals surface area (Å²) in [7, 11) is 0. The van der Waals surface area contributed by atoms with Crippen LogP contribution in [0.15, 0.2) is 12.4 Å². The van der Waals surface area contributed by atoms with Gasteiger partial charge in [0.1, 0.15) is 0 Å². The number of nitrogens with one attached hydrogen (secondary N) is 2. The first-order chi connectivity index (χ1) is 4.29. The van der Waals surface area contributed by atoms with Gasteiger partial charge in [0.25, 0.3) is 0 Å². The smallest absolute Gasteiger partial charge is 0.150 e. The van der Waals surface area contributed by atoms with Crippen LogP contribution in [0.25, 0.3) is 0 Å². The molecule has 0 aliphatic carbocycles. The van der Waals surface area contributed by atoms with Crippen LogP contribution in [-0.2, 0) is 4.79 Å². The lowest BCUT2D eigenvalue weighted by atomic mass is 10.4. The molecule has 0 amide bonds. The van der Waals surface area contributed by atoms with E-state index in [0.29, 0.717) is 6.54 Å². The normalized spacial score (nSPS) is 15.9. The molecule has 9 heavy (non-hydrogen) atoms. The third-order valence-electron chi connectivity index (χ3n) is 0.939. The van der Waals surface area contributed by atoms with E-state index < -0.39 is 0 Å². The van der Waals surface area contributed by atoms with Crippen molar-refractivity contribution in [1.29, 1.82) is 0 Å². The van der Waals surface area contributed by atoms with E-state index in [-0.39, 0.29) is 5.78 Å². The van der Waals surface area contributed by atoms with Crippen LogP contribution in [0.3, 0.4) is 0 Å². The summed E-state index contributed by atoms with van der Waals surface area (Å²) in [6.45, 7) is 1.96. The molecule has 0 fully saturated rings. The highest BCUT2D eigenvalue weighted by Gasteiger charge is 2.03. The second-order valence-corrected chi connectivity index (χ2v) is 1.90. The summed E-state index contributed by atoms with van der Waals surface area (Å²) in [6, 6.07) is 0. The van der Waals surface area contributed by atoms with Gasteiger partial charge in [-0.2, -0.15) is 0 Å². The predicted molar refractivity (Wildman–Crippen MR) is 32.8 cm³/mol. The Kier molecular flexibility index (Phi) is 1.69. The van der Waals surface area contributed by atoms with Crippen LogP contribution in [-0.4, -0.2) is 17.3 Å². The number of hydrogen-bond donors (Lipinski definition) is 2. The molecule has 0 bridgehead atoms. The number of ketones is 1. The van der Waals surface area contributed by atoms with Crippen LogP contribution in [0, 0.1) is 0 Å². The molecule has 1 heterocycles. The molecule has 0 saturated carbocycles. The second-order valence-electron chi connectivity index (χ2n) is 1.90. The summed E-state index contributed by atoms with van der Waals surface area (Å²) in [5.74, 6) is 0.135. The van der Waals surface area contributed by atoms with Gasteiger partial charge in [-0.25, -0.2) is 0 Å². The average molecular weight is 127 g/mol. The summed E-state index contributed by atoms with van der Waals surface area (Å²) < 4.78 is 0.